The summed E-state index contributed by atoms with van der Waals surface area (Å²) in [4.78, 5) is 36.1. The van der Waals surface area contributed by atoms with Crippen LogP contribution in [0.1, 0.15) is 18.4 Å². The molecule has 9 heteroatoms. The van der Waals surface area contributed by atoms with Crippen LogP contribution in [0.5, 0.6) is 0 Å². The highest BCUT2D eigenvalue weighted by molar-refractivity contribution is 7.99. The summed E-state index contributed by atoms with van der Waals surface area (Å²) in [5.41, 5.74) is 1.94. The number of pyridine rings is 1. The first kappa shape index (κ1) is 23.2. The first-order valence-electron chi connectivity index (χ1n) is 11.0. The fourth-order valence-electron chi connectivity index (χ4n) is 3.87. The van der Waals surface area contributed by atoms with E-state index in [-0.39, 0.29) is 23.1 Å². The number of nitrogens with one attached hydrogen (secondary N) is 1. The topological polar surface area (TPSA) is 76.9 Å². The molecule has 0 unspecified atom stereocenters. The molecule has 176 valence electrons. The number of aromatic nitrogens is 3. The predicted octanol–water partition coefficient (Wildman–Crippen LogP) is 5.68. The number of hydrogen-bond donors (Lipinski definition) is 1. The van der Waals surface area contributed by atoms with Gasteiger partial charge in [-0.15, -0.1) is 11.3 Å². The molecule has 0 bridgehead atoms. The van der Waals surface area contributed by atoms with Crippen molar-refractivity contribution in [3.63, 3.8) is 0 Å². The van der Waals surface area contributed by atoms with Gasteiger partial charge in [-0.3, -0.25) is 14.2 Å². The second kappa shape index (κ2) is 9.97. The van der Waals surface area contributed by atoms with Gasteiger partial charge in [0.25, 0.3) is 5.56 Å². The number of hydrogen-bond acceptors (Lipinski definition) is 6. The SMILES string of the molecule is C[C@@H](Cn1c(SCC(=O)Nc2cccc(F)c2)nc2c(sc3ncccc32)c1=O)c1ccccc1. The number of nitrogens with zero attached hydrogens (tertiary/aromatic N) is 3. The van der Waals surface area contributed by atoms with Crippen LogP contribution in [0.25, 0.3) is 20.4 Å². The lowest BCUT2D eigenvalue weighted by atomic mass is 10.0. The Labute approximate surface area is 208 Å². The Morgan fingerprint density at radius 3 is 2.77 bits per heavy atom. The molecule has 6 nitrogen and oxygen atoms in total. The number of carbonyl (C=O) groups excluding carboxylic acids is 1. The van der Waals surface area contributed by atoms with Crippen molar-refractivity contribution < 1.29 is 9.18 Å². The average molecular weight is 505 g/mol. The second-order valence-corrected chi connectivity index (χ2v) is 10.0. The summed E-state index contributed by atoms with van der Waals surface area (Å²) in [6.07, 6.45) is 1.69. The standard InChI is InChI=1S/C26H21FN4O2S2/c1-16(17-7-3-2-4-8-17)14-31-25(33)23-22(20-11-6-12-28-24(20)35-23)30-26(31)34-15-21(32)29-19-10-5-9-18(27)13-19/h2-13,16H,14-15H2,1H3,(H,29,32)/t16-/m0/s1. The zero-order valence-corrected chi connectivity index (χ0v) is 20.4. The highest BCUT2D eigenvalue weighted by Gasteiger charge is 2.19. The lowest BCUT2D eigenvalue weighted by Gasteiger charge is -2.17. The van der Waals surface area contributed by atoms with Crippen LogP contribution < -0.4 is 10.9 Å². The number of halogens is 1. The zero-order valence-electron chi connectivity index (χ0n) is 18.8. The maximum Gasteiger partial charge on any atom is 0.272 e. The van der Waals surface area contributed by atoms with Crippen LogP contribution in [0, 0.1) is 5.82 Å². The summed E-state index contributed by atoms with van der Waals surface area (Å²) in [6.45, 7) is 2.48. The first-order valence-corrected chi connectivity index (χ1v) is 12.8. The van der Waals surface area contributed by atoms with Gasteiger partial charge in [-0.25, -0.2) is 14.4 Å². The molecule has 5 aromatic rings. The zero-order chi connectivity index (χ0) is 24.4. The summed E-state index contributed by atoms with van der Waals surface area (Å²) in [7, 11) is 0. The van der Waals surface area contributed by atoms with Gasteiger partial charge >= 0.3 is 0 Å². The van der Waals surface area contributed by atoms with Crippen LogP contribution in [0.3, 0.4) is 0 Å². The van der Waals surface area contributed by atoms with E-state index in [1.54, 1.807) is 16.8 Å². The summed E-state index contributed by atoms with van der Waals surface area (Å²) >= 11 is 2.52. The molecule has 0 saturated carbocycles. The minimum Gasteiger partial charge on any atom is -0.325 e. The molecular weight excluding hydrogens is 483 g/mol. The monoisotopic (exact) mass is 504 g/mol. The predicted molar refractivity (Wildman–Crippen MR) is 140 cm³/mol. The molecule has 0 aliphatic carbocycles. The van der Waals surface area contributed by atoms with E-state index in [4.69, 9.17) is 4.98 Å². The smallest absolute Gasteiger partial charge is 0.272 e. The molecule has 0 spiro atoms. The number of amides is 1. The second-order valence-electron chi connectivity index (χ2n) is 8.10. The maximum atomic E-state index is 13.6. The quantitative estimate of drug-likeness (QED) is 0.228. The Kier molecular flexibility index (Phi) is 6.61. The normalized spacial score (nSPS) is 12.2. The summed E-state index contributed by atoms with van der Waals surface area (Å²) in [5.74, 6) is -0.658. The lowest BCUT2D eigenvalue weighted by Crippen LogP contribution is -2.25. The van der Waals surface area contributed by atoms with Gasteiger partial charge in [0.05, 0.1) is 11.3 Å². The van der Waals surface area contributed by atoms with Gasteiger partial charge in [0, 0.05) is 23.8 Å². The summed E-state index contributed by atoms with van der Waals surface area (Å²) < 4.78 is 15.7. The number of fused-ring (bicyclic) bond motifs is 3. The number of thioether (sulfide) groups is 1. The number of anilines is 1. The Balaban J connectivity index is 1.49. The van der Waals surface area contributed by atoms with Gasteiger partial charge in [0.1, 0.15) is 15.3 Å². The average Bonchev–Trinajstić information content (AvgIpc) is 3.24. The van der Waals surface area contributed by atoms with Crippen LogP contribution in [0.2, 0.25) is 0 Å². The van der Waals surface area contributed by atoms with E-state index >= 15 is 0 Å². The third-order valence-electron chi connectivity index (χ3n) is 5.58. The number of carbonyl (C=O) groups is 1. The molecule has 3 heterocycles. The Morgan fingerprint density at radius 2 is 1.97 bits per heavy atom. The molecular formula is C26H21FN4O2S2. The number of thiophene rings is 1. The lowest BCUT2D eigenvalue weighted by molar-refractivity contribution is -0.113. The van der Waals surface area contributed by atoms with E-state index in [1.807, 2.05) is 42.5 Å². The van der Waals surface area contributed by atoms with Crippen molar-refractivity contribution >= 4 is 55.1 Å². The molecule has 35 heavy (non-hydrogen) atoms. The molecule has 1 N–H and O–H groups in total. The fourth-order valence-corrected chi connectivity index (χ4v) is 5.70. The molecule has 0 radical (unpaired) electrons. The van der Waals surface area contributed by atoms with Crippen LogP contribution in [0.4, 0.5) is 10.1 Å². The Morgan fingerprint density at radius 1 is 1.14 bits per heavy atom. The van der Waals surface area contributed by atoms with Gasteiger partial charge < -0.3 is 5.32 Å². The van der Waals surface area contributed by atoms with E-state index in [2.05, 4.69) is 17.2 Å². The third kappa shape index (κ3) is 4.96. The highest BCUT2D eigenvalue weighted by atomic mass is 32.2. The Hall–Kier alpha value is -3.56. The maximum absolute atomic E-state index is 13.6. The molecule has 0 saturated heterocycles. The number of rotatable bonds is 7. The van der Waals surface area contributed by atoms with Gasteiger partial charge in [-0.05, 0) is 41.8 Å². The Bertz CT molecular complexity index is 1580. The molecule has 0 aliphatic heterocycles. The van der Waals surface area contributed by atoms with Gasteiger partial charge in [0.2, 0.25) is 5.91 Å². The van der Waals surface area contributed by atoms with Crippen molar-refractivity contribution in [2.75, 3.05) is 11.1 Å². The van der Waals surface area contributed by atoms with Gasteiger partial charge in [0.15, 0.2) is 5.16 Å². The molecule has 5 rings (SSSR count). The van der Waals surface area contributed by atoms with Crippen LogP contribution in [-0.4, -0.2) is 26.2 Å². The van der Waals surface area contributed by atoms with E-state index in [0.717, 1.165) is 15.8 Å². The van der Waals surface area contributed by atoms with E-state index in [9.17, 15) is 14.0 Å². The van der Waals surface area contributed by atoms with E-state index < -0.39 is 5.82 Å². The number of benzene rings is 2. The summed E-state index contributed by atoms with van der Waals surface area (Å²) in [6, 6.07) is 19.4. The van der Waals surface area contributed by atoms with Crippen LogP contribution in [0.15, 0.2) is 82.9 Å². The highest BCUT2D eigenvalue weighted by Crippen LogP contribution is 2.31. The van der Waals surface area contributed by atoms with E-state index in [1.165, 1.54) is 41.3 Å². The van der Waals surface area contributed by atoms with Crippen molar-refractivity contribution in [3.8, 4) is 0 Å². The molecule has 0 aliphatic rings. The first-order chi connectivity index (χ1) is 17.0. The van der Waals surface area contributed by atoms with Crippen LogP contribution in [-0.2, 0) is 11.3 Å². The minimum absolute atomic E-state index is 0.0223. The van der Waals surface area contributed by atoms with Gasteiger partial charge in [-0.1, -0.05) is 55.1 Å². The minimum atomic E-state index is -0.427. The molecule has 2 aromatic carbocycles. The van der Waals surface area contributed by atoms with Crippen molar-refractivity contribution in [2.24, 2.45) is 0 Å². The van der Waals surface area contributed by atoms with Crippen molar-refractivity contribution in [3.05, 3.63) is 94.7 Å². The fraction of sp³-hybridized carbons (Fsp3) is 0.154. The molecule has 3 aromatic heterocycles. The van der Waals surface area contributed by atoms with Gasteiger partial charge in [-0.2, -0.15) is 0 Å². The third-order valence-corrected chi connectivity index (χ3v) is 7.65. The largest absolute Gasteiger partial charge is 0.325 e. The van der Waals surface area contributed by atoms with Crippen molar-refractivity contribution in [2.45, 2.75) is 24.5 Å². The summed E-state index contributed by atoms with van der Waals surface area (Å²) in [5, 5.41) is 3.97. The molecule has 0 fully saturated rings. The van der Waals surface area contributed by atoms with Crippen LogP contribution >= 0.6 is 23.1 Å². The van der Waals surface area contributed by atoms with Crippen molar-refractivity contribution in [1.82, 2.24) is 14.5 Å². The van der Waals surface area contributed by atoms with Crippen molar-refractivity contribution in [1.29, 1.82) is 0 Å². The van der Waals surface area contributed by atoms with E-state index in [0.29, 0.717) is 27.6 Å². The molecule has 1 amide bonds. The molecule has 1 atom stereocenters.